The summed E-state index contributed by atoms with van der Waals surface area (Å²) in [4.78, 5) is 31.9. The molecule has 1 aromatic heterocycles. The molecule has 0 N–H and O–H groups in total. The lowest BCUT2D eigenvalue weighted by molar-refractivity contribution is -0.123. The molecule has 2 aromatic rings. The van der Waals surface area contributed by atoms with Crippen LogP contribution < -0.4 is 4.90 Å². The summed E-state index contributed by atoms with van der Waals surface area (Å²) in [5.74, 6) is 0.0796. The average molecular weight is 304 g/mol. The predicted molar refractivity (Wildman–Crippen MR) is 86.7 cm³/mol. The van der Waals surface area contributed by atoms with Gasteiger partial charge in [-0.25, -0.2) is 4.90 Å². The summed E-state index contributed by atoms with van der Waals surface area (Å²) in [6.07, 6.45) is 5.20. The smallest absolute Gasteiger partial charge is 0.238 e. The number of carbonyl (C=O) groups is 2. The van der Waals surface area contributed by atoms with Gasteiger partial charge < -0.3 is 0 Å². The van der Waals surface area contributed by atoms with Gasteiger partial charge in [0, 0.05) is 11.1 Å². The lowest BCUT2D eigenvalue weighted by atomic mass is 9.85. The van der Waals surface area contributed by atoms with Crippen molar-refractivity contribution in [1.82, 2.24) is 4.98 Å². The van der Waals surface area contributed by atoms with Crippen molar-refractivity contribution in [2.24, 2.45) is 23.7 Å². The number of imide groups is 1. The van der Waals surface area contributed by atoms with Crippen molar-refractivity contribution in [2.75, 3.05) is 4.90 Å². The topological polar surface area (TPSA) is 50.3 Å². The first-order chi connectivity index (χ1) is 11.1. The minimum atomic E-state index is -0.162. The number of hydrogen-bond acceptors (Lipinski definition) is 3. The Balaban J connectivity index is 1.69. The Hall–Kier alpha value is -2.49. The molecule has 0 spiro atoms. The number of fused-ring (bicyclic) bond motifs is 6. The third-order valence-corrected chi connectivity index (χ3v) is 5.53. The highest BCUT2D eigenvalue weighted by Gasteiger charge is 2.59. The summed E-state index contributed by atoms with van der Waals surface area (Å²) in [7, 11) is 0. The predicted octanol–water partition coefficient (Wildman–Crippen LogP) is 2.85. The largest absolute Gasteiger partial charge is 0.274 e. The normalized spacial score (nSPS) is 31.4. The first-order valence-electron chi connectivity index (χ1n) is 8.07. The number of carbonyl (C=O) groups excluding carboxylic acids is 2. The van der Waals surface area contributed by atoms with Crippen LogP contribution in [-0.4, -0.2) is 16.8 Å². The molecule has 4 atom stereocenters. The molecular formula is C19H16N2O2. The molecule has 1 aliphatic heterocycles. The van der Waals surface area contributed by atoms with Crippen molar-refractivity contribution in [1.29, 1.82) is 0 Å². The number of aromatic nitrogens is 1. The zero-order chi connectivity index (χ0) is 15.7. The third-order valence-electron chi connectivity index (χ3n) is 5.53. The number of anilines is 1. The van der Waals surface area contributed by atoms with E-state index in [0.717, 1.165) is 23.0 Å². The molecule has 4 nitrogen and oxygen atoms in total. The molecule has 2 aliphatic carbocycles. The second kappa shape index (κ2) is 4.28. The summed E-state index contributed by atoms with van der Waals surface area (Å²) in [6, 6.07) is 9.54. The van der Waals surface area contributed by atoms with E-state index in [9.17, 15) is 9.59 Å². The van der Waals surface area contributed by atoms with Crippen molar-refractivity contribution < 1.29 is 9.59 Å². The molecule has 1 saturated carbocycles. The Labute approximate surface area is 133 Å². The number of amides is 2. The van der Waals surface area contributed by atoms with Gasteiger partial charge in [-0.3, -0.25) is 14.6 Å². The molecule has 2 heterocycles. The Morgan fingerprint density at radius 1 is 1.04 bits per heavy atom. The lowest BCUT2D eigenvalue weighted by Gasteiger charge is -2.19. The lowest BCUT2D eigenvalue weighted by Crippen LogP contribution is -2.33. The zero-order valence-corrected chi connectivity index (χ0v) is 12.8. The fourth-order valence-electron chi connectivity index (χ4n) is 4.61. The second-order valence-electron chi connectivity index (χ2n) is 6.81. The molecule has 0 radical (unpaired) electrons. The van der Waals surface area contributed by atoms with Crippen LogP contribution in [-0.2, 0) is 9.59 Å². The monoisotopic (exact) mass is 304 g/mol. The van der Waals surface area contributed by atoms with Crippen molar-refractivity contribution in [3.63, 3.8) is 0 Å². The van der Waals surface area contributed by atoms with Crippen LogP contribution in [0, 0.1) is 30.6 Å². The molecule has 0 unspecified atom stereocenters. The molecule has 114 valence electrons. The maximum atomic E-state index is 13.0. The molecule has 3 aliphatic rings. The first-order valence-corrected chi connectivity index (χ1v) is 8.07. The minimum Gasteiger partial charge on any atom is -0.274 e. The number of benzene rings is 1. The summed E-state index contributed by atoms with van der Waals surface area (Å²) in [6.45, 7) is 1.90. The van der Waals surface area contributed by atoms with E-state index in [1.165, 1.54) is 4.90 Å². The highest BCUT2D eigenvalue weighted by atomic mass is 16.2. The second-order valence-corrected chi connectivity index (χ2v) is 6.81. The molecule has 1 aromatic carbocycles. The van der Waals surface area contributed by atoms with E-state index in [0.29, 0.717) is 5.69 Å². The van der Waals surface area contributed by atoms with Gasteiger partial charge in [0.2, 0.25) is 11.8 Å². The number of pyridine rings is 1. The highest BCUT2D eigenvalue weighted by Crippen LogP contribution is 2.53. The van der Waals surface area contributed by atoms with E-state index in [1.54, 1.807) is 0 Å². The van der Waals surface area contributed by atoms with Crippen LogP contribution in [0.15, 0.2) is 42.5 Å². The fraction of sp³-hybridized carbons (Fsp3) is 0.316. The number of aryl methyl sites for hydroxylation is 1. The van der Waals surface area contributed by atoms with Gasteiger partial charge in [-0.2, -0.15) is 0 Å². The Morgan fingerprint density at radius 3 is 2.39 bits per heavy atom. The summed E-state index contributed by atoms with van der Waals surface area (Å²) in [5, 5.41) is 0.861. The van der Waals surface area contributed by atoms with Gasteiger partial charge in [0.05, 0.1) is 23.0 Å². The Morgan fingerprint density at radius 2 is 1.70 bits per heavy atom. The Kier molecular flexibility index (Phi) is 2.42. The van der Waals surface area contributed by atoms with Crippen LogP contribution >= 0.6 is 0 Å². The van der Waals surface area contributed by atoms with Crippen LogP contribution in [0.1, 0.15) is 12.1 Å². The van der Waals surface area contributed by atoms with E-state index in [-0.39, 0.29) is 35.5 Å². The quantitative estimate of drug-likeness (QED) is 0.601. The zero-order valence-electron chi connectivity index (χ0n) is 12.8. The molecule has 2 fully saturated rings. The van der Waals surface area contributed by atoms with Crippen LogP contribution in [0.4, 0.5) is 5.69 Å². The van der Waals surface area contributed by atoms with Crippen molar-refractivity contribution in [3.05, 3.63) is 48.2 Å². The van der Waals surface area contributed by atoms with Gasteiger partial charge in [-0.05, 0) is 37.3 Å². The van der Waals surface area contributed by atoms with Gasteiger partial charge in [0.1, 0.15) is 0 Å². The Bertz CT molecular complexity index is 871. The van der Waals surface area contributed by atoms with Gasteiger partial charge in [-0.15, -0.1) is 0 Å². The van der Waals surface area contributed by atoms with Gasteiger partial charge in [0.25, 0.3) is 0 Å². The molecule has 2 bridgehead atoms. The van der Waals surface area contributed by atoms with Crippen LogP contribution in [0.25, 0.3) is 10.9 Å². The summed E-state index contributed by atoms with van der Waals surface area (Å²) in [5.41, 5.74) is 2.33. The third kappa shape index (κ3) is 1.58. The van der Waals surface area contributed by atoms with Crippen molar-refractivity contribution >= 4 is 28.4 Å². The number of rotatable bonds is 1. The molecular weight excluding hydrogens is 288 g/mol. The first kappa shape index (κ1) is 13.0. The summed E-state index contributed by atoms with van der Waals surface area (Å²) >= 11 is 0. The highest BCUT2D eigenvalue weighted by molar-refractivity contribution is 6.25. The summed E-state index contributed by atoms with van der Waals surface area (Å²) < 4.78 is 0. The van der Waals surface area contributed by atoms with E-state index in [1.807, 2.05) is 37.3 Å². The van der Waals surface area contributed by atoms with Crippen molar-refractivity contribution in [2.45, 2.75) is 13.3 Å². The van der Waals surface area contributed by atoms with Gasteiger partial charge >= 0.3 is 0 Å². The molecule has 1 saturated heterocycles. The van der Waals surface area contributed by atoms with E-state index in [4.69, 9.17) is 0 Å². The molecule has 4 heteroatoms. The van der Waals surface area contributed by atoms with Gasteiger partial charge in [0.15, 0.2) is 0 Å². The van der Waals surface area contributed by atoms with Gasteiger partial charge in [-0.1, -0.05) is 30.4 Å². The number of nitrogens with zero attached hydrogens (tertiary/aromatic N) is 2. The maximum absolute atomic E-state index is 13.0. The van der Waals surface area contributed by atoms with E-state index >= 15 is 0 Å². The van der Waals surface area contributed by atoms with E-state index < -0.39 is 0 Å². The number of hydrogen-bond donors (Lipinski definition) is 0. The standard InChI is InChI=1S/C19H16N2O2/c1-10-8-15(13-4-2-3-5-14(13)20-10)21-18(22)16-11-6-7-12(9-11)17(16)19(21)23/h2-8,11-12,16-17H,9H2,1H3/t11-,12+,16-,17-/m0/s1. The molecule has 2 amide bonds. The molecule has 5 rings (SSSR count). The maximum Gasteiger partial charge on any atom is 0.238 e. The minimum absolute atomic E-state index is 0.0346. The fourth-order valence-corrected chi connectivity index (χ4v) is 4.61. The molecule has 23 heavy (non-hydrogen) atoms. The van der Waals surface area contributed by atoms with Crippen LogP contribution in [0.5, 0.6) is 0 Å². The number of para-hydroxylation sites is 1. The van der Waals surface area contributed by atoms with Crippen LogP contribution in [0.3, 0.4) is 0 Å². The average Bonchev–Trinajstić information content (AvgIpc) is 3.21. The van der Waals surface area contributed by atoms with Crippen molar-refractivity contribution in [3.8, 4) is 0 Å². The van der Waals surface area contributed by atoms with Crippen LogP contribution in [0.2, 0.25) is 0 Å². The number of allylic oxidation sites excluding steroid dienone is 2. The SMILES string of the molecule is Cc1cc(N2C(=O)[C@@H]3[C@@H](C2=O)[C@H]2C=C[C@@H]3C2)c2ccccc2n1. The van der Waals surface area contributed by atoms with E-state index in [2.05, 4.69) is 17.1 Å².